The fraction of sp³-hybridized carbons (Fsp3) is 0.448. The van der Waals surface area contributed by atoms with Crippen LogP contribution in [-0.4, -0.2) is 19.5 Å². The van der Waals surface area contributed by atoms with Crippen molar-refractivity contribution in [3.63, 3.8) is 0 Å². The quantitative estimate of drug-likeness (QED) is 0.246. The highest BCUT2D eigenvalue weighted by molar-refractivity contribution is 5.88. The van der Waals surface area contributed by atoms with E-state index < -0.39 is 6.29 Å². The number of hydrogen-bond acceptors (Lipinski definition) is 3. The monoisotopic (exact) mass is 432 g/mol. The number of hydrogen-bond donors (Lipinski definition) is 0. The molecule has 170 valence electrons. The molecule has 0 saturated heterocycles. The molecule has 2 unspecified atom stereocenters. The minimum atomic E-state index is -0.392. The lowest BCUT2D eigenvalue weighted by atomic mass is 9.77. The summed E-state index contributed by atoms with van der Waals surface area (Å²) in [5, 5.41) is 2.27. The first-order valence-corrected chi connectivity index (χ1v) is 11.6. The Hall–Kier alpha value is -2.70. The number of rotatable bonds is 10. The van der Waals surface area contributed by atoms with Crippen LogP contribution < -0.4 is 9.47 Å². The van der Waals surface area contributed by atoms with Gasteiger partial charge in [-0.25, -0.2) is 0 Å². The largest absolute Gasteiger partial charge is 0.491 e. The van der Waals surface area contributed by atoms with Crippen LogP contribution in [0.4, 0.5) is 0 Å². The minimum absolute atomic E-state index is 0.272. The van der Waals surface area contributed by atoms with Gasteiger partial charge in [0.05, 0.1) is 6.61 Å². The fourth-order valence-electron chi connectivity index (χ4n) is 3.93. The molecule has 0 saturated carbocycles. The van der Waals surface area contributed by atoms with Crippen molar-refractivity contribution in [1.29, 1.82) is 0 Å². The predicted octanol–water partition coefficient (Wildman–Crippen LogP) is 7.44. The molecule has 3 nitrogen and oxygen atoms in total. The first-order chi connectivity index (χ1) is 15.2. The molecule has 0 aliphatic rings. The Kier molecular flexibility index (Phi) is 8.04. The van der Waals surface area contributed by atoms with Crippen molar-refractivity contribution in [3.8, 4) is 11.5 Å². The Labute approximate surface area is 193 Å². The summed E-state index contributed by atoms with van der Waals surface area (Å²) in [7, 11) is 0. The van der Waals surface area contributed by atoms with E-state index in [1.54, 1.807) is 0 Å². The zero-order chi connectivity index (χ0) is 23.1. The van der Waals surface area contributed by atoms with Crippen molar-refractivity contribution >= 4 is 10.8 Å². The highest BCUT2D eigenvalue weighted by Crippen LogP contribution is 2.35. The summed E-state index contributed by atoms with van der Waals surface area (Å²) < 4.78 is 17.6. The smallest absolute Gasteiger partial charge is 0.197 e. The maximum absolute atomic E-state index is 5.93. The zero-order valence-electron chi connectivity index (χ0n) is 20.3. The van der Waals surface area contributed by atoms with Gasteiger partial charge in [0, 0.05) is 10.9 Å². The summed E-state index contributed by atoms with van der Waals surface area (Å²) >= 11 is 0. The van der Waals surface area contributed by atoms with E-state index in [2.05, 4.69) is 71.0 Å². The summed E-state index contributed by atoms with van der Waals surface area (Å²) in [6, 6.07) is 24.8. The third-order valence-corrected chi connectivity index (χ3v) is 5.52. The van der Waals surface area contributed by atoms with Crippen LogP contribution in [0.5, 0.6) is 11.5 Å². The normalized spacial score (nSPS) is 13.6. The van der Waals surface area contributed by atoms with Crippen molar-refractivity contribution < 1.29 is 14.2 Å². The van der Waals surface area contributed by atoms with Crippen molar-refractivity contribution in [1.82, 2.24) is 0 Å². The SMILES string of the molecule is CC(OCCOc1cccc2ccccc12)Oc1c#cc(C(CC(C)(C)C)C(C)C)cc1. The van der Waals surface area contributed by atoms with E-state index in [0.29, 0.717) is 30.8 Å². The molecule has 0 bridgehead atoms. The second-order valence-electron chi connectivity index (χ2n) is 9.90. The number of fused-ring (bicyclic) bond motifs is 1. The second-order valence-corrected chi connectivity index (χ2v) is 9.90. The van der Waals surface area contributed by atoms with Gasteiger partial charge in [0.2, 0.25) is 0 Å². The number of ether oxygens (including phenoxy) is 3. The van der Waals surface area contributed by atoms with Crippen LogP contribution in [0.2, 0.25) is 0 Å². The Morgan fingerprint density at radius 1 is 0.844 bits per heavy atom. The third kappa shape index (κ3) is 6.90. The van der Waals surface area contributed by atoms with Gasteiger partial charge in [-0.1, -0.05) is 77.1 Å². The molecule has 3 heteroatoms. The molecule has 0 aliphatic carbocycles. The summed E-state index contributed by atoms with van der Waals surface area (Å²) in [5.74, 6) is 2.53. The summed E-state index contributed by atoms with van der Waals surface area (Å²) in [6.07, 6.45) is 0.725. The standard InChI is InChI=1S/C29H36O3/c1-21(2)27(20-29(4,5)6)24-14-16-25(17-15-24)32-22(3)30-18-19-31-28-13-9-11-23-10-7-8-12-26(23)28/h7-14,16,21-22,27H,18-20H2,1-6H3. The fourth-order valence-corrected chi connectivity index (χ4v) is 3.93. The summed E-state index contributed by atoms with van der Waals surface area (Å²) in [5.41, 5.74) is 1.47. The molecule has 0 N–H and O–H groups in total. The van der Waals surface area contributed by atoms with Crippen molar-refractivity contribution in [2.45, 2.75) is 60.2 Å². The average molecular weight is 433 g/mol. The lowest BCUT2D eigenvalue weighted by Crippen LogP contribution is -2.20. The molecule has 3 aromatic rings. The zero-order valence-corrected chi connectivity index (χ0v) is 20.3. The van der Waals surface area contributed by atoms with Gasteiger partial charge < -0.3 is 14.2 Å². The van der Waals surface area contributed by atoms with E-state index >= 15 is 0 Å². The van der Waals surface area contributed by atoms with E-state index in [-0.39, 0.29) is 5.41 Å². The van der Waals surface area contributed by atoms with Crippen LogP contribution >= 0.6 is 0 Å². The molecular weight excluding hydrogens is 396 g/mol. The molecule has 32 heavy (non-hydrogen) atoms. The first-order valence-electron chi connectivity index (χ1n) is 11.6. The predicted molar refractivity (Wildman–Crippen MR) is 131 cm³/mol. The maximum Gasteiger partial charge on any atom is 0.197 e. The Morgan fingerprint density at radius 3 is 2.28 bits per heavy atom. The second kappa shape index (κ2) is 10.7. The van der Waals surface area contributed by atoms with Crippen molar-refractivity contribution in [3.05, 3.63) is 72.3 Å². The minimum Gasteiger partial charge on any atom is -0.491 e. The molecule has 0 radical (unpaired) electrons. The highest BCUT2D eigenvalue weighted by Gasteiger charge is 2.23. The lowest BCUT2D eigenvalue weighted by Gasteiger charge is -2.28. The molecule has 3 rings (SSSR count). The lowest BCUT2D eigenvalue weighted by molar-refractivity contribution is -0.0738. The van der Waals surface area contributed by atoms with Crippen LogP contribution in [0.25, 0.3) is 10.8 Å². The molecule has 0 heterocycles. The van der Waals surface area contributed by atoms with E-state index in [0.717, 1.165) is 17.6 Å². The molecule has 0 aliphatic heterocycles. The van der Waals surface area contributed by atoms with Gasteiger partial charge in [-0.05, 0) is 60.2 Å². The maximum atomic E-state index is 5.93. The van der Waals surface area contributed by atoms with E-state index in [1.165, 1.54) is 10.9 Å². The van der Waals surface area contributed by atoms with Gasteiger partial charge >= 0.3 is 0 Å². The van der Waals surface area contributed by atoms with Crippen LogP contribution in [-0.2, 0) is 4.74 Å². The van der Waals surface area contributed by atoms with Crippen LogP contribution in [0, 0.1) is 23.5 Å². The Morgan fingerprint density at radius 2 is 1.59 bits per heavy atom. The molecule has 0 fully saturated rings. The topological polar surface area (TPSA) is 27.7 Å². The van der Waals surface area contributed by atoms with Gasteiger partial charge in [0.1, 0.15) is 12.4 Å². The Bertz CT molecular complexity index is 964. The molecule has 0 amide bonds. The van der Waals surface area contributed by atoms with Gasteiger partial charge in [-0.3, -0.25) is 0 Å². The van der Waals surface area contributed by atoms with Gasteiger partial charge in [-0.15, -0.1) is 0 Å². The third-order valence-electron chi connectivity index (χ3n) is 5.52. The summed E-state index contributed by atoms with van der Waals surface area (Å²) in [6.45, 7) is 14.2. The van der Waals surface area contributed by atoms with Crippen LogP contribution in [0.15, 0.2) is 54.6 Å². The molecule has 2 atom stereocenters. The van der Waals surface area contributed by atoms with Crippen LogP contribution in [0.3, 0.4) is 0 Å². The highest BCUT2D eigenvalue weighted by atomic mass is 16.7. The van der Waals surface area contributed by atoms with E-state index in [9.17, 15) is 0 Å². The van der Waals surface area contributed by atoms with Gasteiger partial charge in [0.15, 0.2) is 12.0 Å². The Balaban J connectivity index is 1.48. The van der Waals surface area contributed by atoms with Crippen molar-refractivity contribution in [2.75, 3.05) is 13.2 Å². The van der Waals surface area contributed by atoms with Gasteiger partial charge in [-0.2, -0.15) is 0 Å². The van der Waals surface area contributed by atoms with E-state index in [4.69, 9.17) is 14.2 Å². The molecule has 0 spiro atoms. The summed E-state index contributed by atoms with van der Waals surface area (Å²) in [4.78, 5) is 0. The van der Waals surface area contributed by atoms with Crippen LogP contribution in [0.1, 0.15) is 59.4 Å². The molecule has 3 aromatic carbocycles. The average Bonchev–Trinajstić information content (AvgIpc) is 2.75. The van der Waals surface area contributed by atoms with Crippen molar-refractivity contribution in [2.24, 2.45) is 11.3 Å². The molecule has 0 aromatic heterocycles. The molecular formula is C29H36O3. The van der Waals surface area contributed by atoms with Gasteiger partial charge in [0.25, 0.3) is 0 Å². The number of benzene rings is 2. The first kappa shape index (κ1) is 24.0. The van der Waals surface area contributed by atoms with E-state index in [1.807, 2.05) is 37.3 Å².